The van der Waals surface area contributed by atoms with Crippen LogP contribution in [-0.4, -0.2) is 41.6 Å². The van der Waals surface area contributed by atoms with E-state index in [4.69, 9.17) is 9.15 Å². The first-order valence-electron chi connectivity index (χ1n) is 7.22. The van der Waals surface area contributed by atoms with Crippen molar-refractivity contribution in [1.82, 2.24) is 4.90 Å². The summed E-state index contributed by atoms with van der Waals surface area (Å²) < 4.78 is 10.8. The lowest BCUT2D eigenvalue weighted by molar-refractivity contribution is -0.143. The molecule has 0 unspecified atom stereocenters. The molecule has 1 aliphatic rings. The van der Waals surface area contributed by atoms with Crippen LogP contribution in [0.15, 0.2) is 28.7 Å². The van der Waals surface area contributed by atoms with Crippen molar-refractivity contribution in [1.29, 1.82) is 0 Å². The number of carboxylic acid groups (broad SMARTS) is 1. The lowest BCUT2D eigenvalue weighted by Gasteiger charge is -2.32. The highest BCUT2D eigenvalue weighted by atomic mass is 16.5. The van der Waals surface area contributed by atoms with E-state index in [1.165, 1.54) is 12.0 Å². The van der Waals surface area contributed by atoms with Crippen LogP contribution in [0, 0.1) is 0 Å². The molecule has 1 fully saturated rings. The van der Waals surface area contributed by atoms with Crippen molar-refractivity contribution in [3.8, 4) is 5.75 Å². The van der Waals surface area contributed by atoms with Crippen LogP contribution < -0.4 is 4.74 Å². The predicted octanol–water partition coefficient (Wildman–Crippen LogP) is 2.52. The number of para-hydroxylation sites is 1. The summed E-state index contributed by atoms with van der Waals surface area (Å²) in [6, 6.07) is 6.24. The van der Waals surface area contributed by atoms with Gasteiger partial charge in [0.25, 0.3) is 5.91 Å². The number of ether oxygens (including phenoxy) is 1. The van der Waals surface area contributed by atoms with Gasteiger partial charge in [-0.2, -0.15) is 0 Å². The smallest absolute Gasteiger partial charge is 0.326 e. The first-order chi connectivity index (χ1) is 10.6. The highest BCUT2D eigenvalue weighted by molar-refractivity contribution is 5.99. The van der Waals surface area contributed by atoms with Gasteiger partial charge in [0.15, 0.2) is 17.1 Å². The van der Waals surface area contributed by atoms with Crippen LogP contribution >= 0.6 is 0 Å². The second kappa shape index (κ2) is 5.71. The molecule has 2 aromatic rings. The fraction of sp³-hybridized carbons (Fsp3) is 0.375. The average molecular weight is 303 g/mol. The summed E-state index contributed by atoms with van der Waals surface area (Å²) in [5.74, 6) is -0.662. The number of rotatable bonds is 3. The number of amides is 1. The topological polar surface area (TPSA) is 80.0 Å². The Labute approximate surface area is 127 Å². The van der Waals surface area contributed by atoms with E-state index < -0.39 is 12.0 Å². The molecule has 0 aliphatic carbocycles. The van der Waals surface area contributed by atoms with Crippen LogP contribution in [-0.2, 0) is 4.79 Å². The summed E-state index contributed by atoms with van der Waals surface area (Å²) >= 11 is 0. The van der Waals surface area contributed by atoms with Crippen molar-refractivity contribution in [3.05, 3.63) is 30.0 Å². The van der Waals surface area contributed by atoms with E-state index in [1.54, 1.807) is 12.1 Å². The Morgan fingerprint density at radius 2 is 2.18 bits per heavy atom. The fourth-order valence-corrected chi connectivity index (χ4v) is 2.88. The van der Waals surface area contributed by atoms with Crippen LogP contribution in [0.5, 0.6) is 5.75 Å². The zero-order valence-corrected chi connectivity index (χ0v) is 12.2. The van der Waals surface area contributed by atoms with Gasteiger partial charge in [-0.05, 0) is 31.4 Å². The number of aliphatic carboxylic acids is 1. The molecule has 0 saturated carbocycles. The molecular weight excluding hydrogens is 286 g/mol. The van der Waals surface area contributed by atoms with Crippen LogP contribution in [0.1, 0.15) is 29.8 Å². The highest BCUT2D eigenvalue weighted by Crippen LogP contribution is 2.30. The molecule has 6 heteroatoms. The van der Waals surface area contributed by atoms with Crippen molar-refractivity contribution in [2.75, 3.05) is 13.7 Å². The summed E-state index contributed by atoms with van der Waals surface area (Å²) in [5, 5.41) is 10.0. The lowest BCUT2D eigenvalue weighted by Crippen LogP contribution is -2.47. The molecule has 116 valence electrons. The number of hydrogen-bond acceptors (Lipinski definition) is 4. The minimum atomic E-state index is -0.971. The van der Waals surface area contributed by atoms with Crippen molar-refractivity contribution < 1.29 is 23.8 Å². The second-order valence-corrected chi connectivity index (χ2v) is 5.34. The number of hydrogen-bond donors (Lipinski definition) is 1. The van der Waals surface area contributed by atoms with E-state index in [9.17, 15) is 14.7 Å². The molecule has 2 heterocycles. The number of carbonyl (C=O) groups excluding carboxylic acids is 1. The molecular formula is C16H17NO5. The number of benzene rings is 1. The third-order valence-electron chi connectivity index (χ3n) is 3.99. The van der Waals surface area contributed by atoms with Crippen LogP contribution in [0.4, 0.5) is 0 Å². The molecule has 3 rings (SSSR count). The first kappa shape index (κ1) is 14.4. The van der Waals surface area contributed by atoms with Gasteiger partial charge in [0.05, 0.1) is 7.11 Å². The van der Waals surface area contributed by atoms with E-state index in [0.717, 1.165) is 18.2 Å². The standard InChI is InChI=1S/C16H17NO5/c1-21-12-7-4-5-10-9-13(22-14(10)12)15(18)17-8-3-2-6-11(17)16(19)20/h4-5,7,9,11H,2-3,6,8H2,1H3,(H,19,20)/t11-/m1/s1. The maximum atomic E-state index is 12.6. The van der Waals surface area contributed by atoms with Crippen molar-refractivity contribution in [2.45, 2.75) is 25.3 Å². The Morgan fingerprint density at radius 3 is 2.91 bits per heavy atom. The largest absolute Gasteiger partial charge is 0.493 e. The van der Waals surface area contributed by atoms with Gasteiger partial charge in [-0.1, -0.05) is 12.1 Å². The molecule has 1 saturated heterocycles. The van der Waals surface area contributed by atoms with Crippen molar-refractivity contribution in [2.24, 2.45) is 0 Å². The minimum Gasteiger partial charge on any atom is -0.493 e. The van der Waals surface area contributed by atoms with E-state index in [1.807, 2.05) is 12.1 Å². The Kier molecular flexibility index (Phi) is 3.75. The summed E-state index contributed by atoms with van der Waals surface area (Å²) in [6.45, 7) is 0.435. The maximum Gasteiger partial charge on any atom is 0.326 e. The fourth-order valence-electron chi connectivity index (χ4n) is 2.88. The molecule has 1 amide bonds. The molecule has 1 aromatic heterocycles. The van der Waals surface area contributed by atoms with Gasteiger partial charge < -0.3 is 19.2 Å². The molecule has 6 nitrogen and oxygen atoms in total. The lowest BCUT2D eigenvalue weighted by atomic mass is 10.0. The Morgan fingerprint density at radius 1 is 1.36 bits per heavy atom. The van der Waals surface area contributed by atoms with E-state index >= 15 is 0 Å². The van der Waals surface area contributed by atoms with Gasteiger partial charge in [-0.15, -0.1) is 0 Å². The monoisotopic (exact) mass is 303 g/mol. The number of carbonyl (C=O) groups is 2. The van der Waals surface area contributed by atoms with Gasteiger partial charge >= 0.3 is 5.97 Å². The molecule has 0 radical (unpaired) electrons. The first-order valence-corrected chi connectivity index (χ1v) is 7.22. The van der Waals surface area contributed by atoms with Gasteiger partial charge in [0, 0.05) is 11.9 Å². The number of fused-ring (bicyclic) bond motifs is 1. The third-order valence-corrected chi connectivity index (χ3v) is 3.99. The number of methoxy groups -OCH3 is 1. The van der Waals surface area contributed by atoms with Gasteiger partial charge in [0.2, 0.25) is 0 Å². The summed E-state index contributed by atoms with van der Waals surface area (Å²) in [4.78, 5) is 25.3. The predicted molar refractivity (Wildman–Crippen MR) is 79.1 cm³/mol. The highest BCUT2D eigenvalue weighted by Gasteiger charge is 2.34. The van der Waals surface area contributed by atoms with Crippen molar-refractivity contribution >= 4 is 22.8 Å². The normalized spacial score (nSPS) is 18.4. The molecule has 0 spiro atoms. The Bertz CT molecular complexity index is 720. The second-order valence-electron chi connectivity index (χ2n) is 5.34. The van der Waals surface area contributed by atoms with Crippen molar-refractivity contribution in [3.63, 3.8) is 0 Å². The van der Waals surface area contributed by atoms with Gasteiger partial charge in [-0.25, -0.2) is 4.79 Å². The van der Waals surface area contributed by atoms with Crippen LogP contribution in [0.2, 0.25) is 0 Å². The van der Waals surface area contributed by atoms with E-state index in [2.05, 4.69) is 0 Å². The molecule has 22 heavy (non-hydrogen) atoms. The molecule has 1 aromatic carbocycles. The SMILES string of the molecule is COc1cccc2cc(C(=O)N3CCCC[C@@H]3C(=O)O)oc12. The minimum absolute atomic E-state index is 0.146. The van der Waals surface area contributed by atoms with Gasteiger partial charge in [-0.3, -0.25) is 4.79 Å². The quantitative estimate of drug-likeness (QED) is 0.942. The van der Waals surface area contributed by atoms with E-state index in [-0.39, 0.29) is 11.7 Å². The molecule has 0 bridgehead atoms. The molecule has 1 N–H and O–H groups in total. The molecule has 1 atom stereocenters. The molecule has 1 aliphatic heterocycles. The zero-order valence-electron chi connectivity index (χ0n) is 12.2. The summed E-state index contributed by atoms with van der Waals surface area (Å²) in [6.07, 6.45) is 2.10. The zero-order chi connectivity index (χ0) is 15.7. The summed E-state index contributed by atoms with van der Waals surface area (Å²) in [7, 11) is 1.53. The third kappa shape index (κ3) is 2.41. The average Bonchev–Trinajstić information content (AvgIpc) is 2.98. The number of likely N-dealkylation sites (tertiary alicyclic amines) is 1. The number of piperidine rings is 1. The summed E-state index contributed by atoms with van der Waals surface area (Å²) in [5.41, 5.74) is 0.497. The number of furan rings is 1. The Balaban J connectivity index is 1.96. The number of nitrogens with zero attached hydrogens (tertiary/aromatic N) is 1. The Hall–Kier alpha value is -2.50. The van der Waals surface area contributed by atoms with E-state index in [0.29, 0.717) is 24.3 Å². The van der Waals surface area contributed by atoms with Crippen LogP contribution in [0.25, 0.3) is 11.0 Å². The maximum absolute atomic E-state index is 12.6. The van der Waals surface area contributed by atoms with Crippen LogP contribution in [0.3, 0.4) is 0 Å². The number of carboxylic acids is 1. The van der Waals surface area contributed by atoms with Gasteiger partial charge in [0.1, 0.15) is 6.04 Å².